The van der Waals surface area contributed by atoms with Crippen LogP contribution in [0.15, 0.2) is 144 Å². The number of carbonyl (C=O) groups excluding carboxylic acids is 2. The van der Waals surface area contributed by atoms with E-state index in [4.69, 9.17) is 32.7 Å². The monoisotopic (exact) mass is 1040 g/mol. The number of aromatic amines is 1. The van der Waals surface area contributed by atoms with Crippen LogP contribution in [0.2, 0.25) is 0 Å². The molecule has 3 aromatic heterocycles. The summed E-state index contributed by atoms with van der Waals surface area (Å²) in [6, 6.07) is 37.7. The van der Waals surface area contributed by atoms with Crippen LogP contribution >= 0.6 is 18.2 Å². The van der Waals surface area contributed by atoms with Crippen LogP contribution in [-0.4, -0.2) is 91.4 Å². The van der Waals surface area contributed by atoms with Gasteiger partial charge in [0.15, 0.2) is 17.0 Å². The zero-order chi connectivity index (χ0) is 51.8. The third-order valence-electron chi connectivity index (χ3n) is 12.5. The fourth-order valence-electron chi connectivity index (χ4n) is 8.97. The van der Waals surface area contributed by atoms with Crippen molar-refractivity contribution in [1.29, 1.82) is 5.26 Å². The minimum atomic E-state index is -4.33. The number of methoxy groups -OCH3 is 1. The SMILES string of the molecule is COc1ccc(C(OC[C@H]2O[C@@H](n3cnc4c(NC(=O)c5ccccc5)ncnc43)C[C@@H]2SP(=O)(OCCC#N)OC[C@H]2O[C@@H](n3cc(C)c(=O)[nH]c3=O)C[C@@H]2OC(C)=O)(c2ccccc2)c2ccccc2)cc1. The average molecular weight is 1040 g/mol. The van der Waals surface area contributed by atoms with Gasteiger partial charge in [0, 0.05) is 42.3 Å². The maximum absolute atomic E-state index is 15.3. The second kappa shape index (κ2) is 22.9. The highest BCUT2D eigenvalue weighted by Gasteiger charge is 2.47. The van der Waals surface area contributed by atoms with Crippen LogP contribution in [0.1, 0.15) is 71.3 Å². The number of fused-ring (bicyclic) bond motifs is 1. The van der Waals surface area contributed by atoms with E-state index in [1.807, 2.05) is 97.1 Å². The molecule has 20 nitrogen and oxygen atoms in total. The van der Waals surface area contributed by atoms with Crippen molar-refractivity contribution in [3.63, 3.8) is 0 Å². The van der Waals surface area contributed by atoms with Gasteiger partial charge in [0.1, 0.15) is 42.3 Å². The third-order valence-corrected chi connectivity index (χ3v) is 16.7. The number of nitriles is 1. The molecule has 5 heterocycles. The number of hydrogen-bond acceptors (Lipinski definition) is 17. The molecule has 0 spiro atoms. The first-order valence-corrected chi connectivity index (χ1v) is 26.6. The number of rotatable bonds is 20. The Morgan fingerprint density at radius 3 is 2.16 bits per heavy atom. The number of aromatic nitrogens is 6. The molecule has 9 rings (SSSR count). The maximum Gasteiger partial charge on any atom is 0.389 e. The van der Waals surface area contributed by atoms with Gasteiger partial charge in [-0.2, -0.15) is 5.26 Å². The lowest BCUT2D eigenvalue weighted by atomic mass is 9.80. The van der Waals surface area contributed by atoms with E-state index in [1.165, 1.54) is 37.3 Å². The fourth-order valence-corrected chi connectivity index (χ4v) is 13.1. The Balaban J connectivity index is 1.07. The van der Waals surface area contributed by atoms with Gasteiger partial charge in [-0.15, -0.1) is 0 Å². The first kappa shape index (κ1) is 51.6. The quantitative estimate of drug-likeness (QED) is 0.0322. The highest BCUT2D eigenvalue weighted by Crippen LogP contribution is 2.65. The first-order valence-electron chi connectivity index (χ1n) is 23.6. The standard InChI is InChI=1S/C52H51N8O12PS/c1-33-28-59(51(64)58-49(33)62)44-26-40(70-34(2)61)41(71-44)30-69-73(65,68-25-13-24-53)74-43-27-45(60-32-56-46-47(54-31-55-48(46)60)57-50(63)35-14-7-4-8-15-35)72-42(43)29-67-52(36-16-9-5-10-17-36,37-18-11-6-12-19-37)38-20-22-39(66-3)23-21-38/h4-12,14-23,28,31-32,40-45H,13,25-27,29-30H2,1-3H3,(H,58,62,64)(H,54,55,57,63)/t40-,41+,42+,43-,44+,45+,73?/m0/s1. The van der Waals surface area contributed by atoms with Crippen molar-refractivity contribution in [3.05, 3.63) is 183 Å². The number of benzene rings is 4. The molecule has 2 aliphatic rings. The Bertz CT molecular complexity index is 3260. The zero-order valence-electron chi connectivity index (χ0n) is 40.3. The van der Waals surface area contributed by atoms with Crippen molar-refractivity contribution in [2.75, 3.05) is 32.2 Å². The number of imidazole rings is 1. The lowest BCUT2D eigenvalue weighted by Crippen LogP contribution is -2.37. The predicted octanol–water partition coefficient (Wildman–Crippen LogP) is 7.62. The van der Waals surface area contributed by atoms with Crippen LogP contribution in [-0.2, 0) is 43.0 Å². The smallest absolute Gasteiger partial charge is 0.389 e. The molecule has 7 aromatic rings. The van der Waals surface area contributed by atoms with Gasteiger partial charge < -0.3 is 29.0 Å². The molecule has 0 aliphatic carbocycles. The Labute approximate surface area is 428 Å². The molecular weight excluding hydrogens is 992 g/mol. The summed E-state index contributed by atoms with van der Waals surface area (Å²) in [4.78, 5) is 66.5. The van der Waals surface area contributed by atoms with Crippen LogP contribution in [0.5, 0.6) is 5.75 Å². The summed E-state index contributed by atoms with van der Waals surface area (Å²) in [5.41, 5.74) is 1.16. The van der Waals surface area contributed by atoms with Crippen LogP contribution in [0.3, 0.4) is 0 Å². The highest BCUT2D eigenvalue weighted by atomic mass is 32.7. The van der Waals surface area contributed by atoms with E-state index in [-0.39, 0.29) is 43.9 Å². The van der Waals surface area contributed by atoms with Gasteiger partial charge in [0.05, 0.1) is 51.9 Å². The van der Waals surface area contributed by atoms with Gasteiger partial charge in [0.25, 0.3) is 11.5 Å². The van der Waals surface area contributed by atoms with Crippen LogP contribution in [0.4, 0.5) is 5.82 Å². The van der Waals surface area contributed by atoms with Gasteiger partial charge >= 0.3 is 18.5 Å². The largest absolute Gasteiger partial charge is 0.497 e. The van der Waals surface area contributed by atoms with Crippen molar-refractivity contribution in [2.24, 2.45) is 0 Å². The molecule has 1 unspecified atom stereocenters. The van der Waals surface area contributed by atoms with Crippen molar-refractivity contribution in [3.8, 4) is 11.8 Å². The predicted molar refractivity (Wildman–Crippen MR) is 271 cm³/mol. The molecule has 2 saturated heterocycles. The second-order valence-electron chi connectivity index (χ2n) is 17.3. The molecule has 0 saturated carbocycles. The topological polar surface area (TPSA) is 250 Å². The zero-order valence-corrected chi connectivity index (χ0v) is 42.1. The number of nitrogens with zero attached hydrogens (tertiary/aromatic N) is 6. The lowest BCUT2D eigenvalue weighted by molar-refractivity contribution is -0.150. The van der Waals surface area contributed by atoms with E-state index in [9.17, 15) is 24.4 Å². The number of esters is 1. The summed E-state index contributed by atoms with van der Waals surface area (Å²) in [6.07, 6.45) is -0.468. The molecular formula is C52H51N8O12PS. The van der Waals surface area contributed by atoms with Crippen molar-refractivity contribution in [1.82, 2.24) is 29.1 Å². The summed E-state index contributed by atoms with van der Waals surface area (Å²) >= 11 is 0.872. The Morgan fingerprint density at radius 2 is 1.50 bits per heavy atom. The van der Waals surface area contributed by atoms with E-state index >= 15 is 4.57 Å². The van der Waals surface area contributed by atoms with Gasteiger partial charge in [0.2, 0.25) is 0 Å². The number of aryl methyl sites for hydroxylation is 1. The molecule has 22 heteroatoms. The van der Waals surface area contributed by atoms with Crippen molar-refractivity contribution in [2.45, 2.75) is 74.7 Å². The van der Waals surface area contributed by atoms with Crippen LogP contribution in [0, 0.1) is 18.3 Å². The van der Waals surface area contributed by atoms with Crippen molar-refractivity contribution >= 4 is 47.0 Å². The van der Waals surface area contributed by atoms with E-state index < -0.39 is 78.1 Å². The van der Waals surface area contributed by atoms with E-state index in [0.29, 0.717) is 22.5 Å². The molecule has 7 atom stereocenters. The maximum atomic E-state index is 15.3. The highest BCUT2D eigenvalue weighted by molar-refractivity contribution is 8.55. The summed E-state index contributed by atoms with van der Waals surface area (Å²) in [6.45, 7) is -2.39. The number of ether oxygens (including phenoxy) is 5. The summed E-state index contributed by atoms with van der Waals surface area (Å²) in [5.74, 6) is -0.206. The molecule has 382 valence electrons. The molecule has 4 aromatic carbocycles. The lowest BCUT2D eigenvalue weighted by Gasteiger charge is -2.37. The molecule has 1 amide bonds. The number of carbonyl (C=O) groups is 2. The van der Waals surface area contributed by atoms with E-state index in [2.05, 4.69) is 25.3 Å². The third kappa shape index (κ3) is 11.3. The van der Waals surface area contributed by atoms with Gasteiger partial charge in [-0.05, 0) is 59.3 Å². The van der Waals surface area contributed by atoms with Crippen LogP contribution < -0.4 is 21.3 Å². The fraction of sp³-hybridized carbons (Fsp3) is 0.308. The number of anilines is 1. The molecule has 0 bridgehead atoms. The number of amides is 1. The van der Waals surface area contributed by atoms with E-state index in [1.54, 1.807) is 35.9 Å². The summed E-state index contributed by atoms with van der Waals surface area (Å²) in [5, 5.41) is 11.7. The summed E-state index contributed by atoms with van der Waals surface area (Å²) < 4.78 is 62.1. The Kier molecular flexibility index (Phi) is 15.9. The first-order chi connectivity index (χ1) is 35.9. The number of hydrogen-bond donors (Lipinski definition) is 2. The molecule has 2 fully saturated rings. The van der Waals surface area contributed by atoms with Gasteiger partial charge in [-0.25, -0.2) is 24.3 Å². The molecule has 2 N–H and O–H groups in total. The van der Waals surface area contributed by atoms with E-state index in [0.717, 1.165) is 28.1 Å². The second-order valence-corrected chi connectivity index (χ2v) is 21.5. The number of H-pyrrole nitrogens is 1. The Hall–Kier alpha value is -7.28. The minimum Gasteiger partial charge on any atom is -0.497 e. The number of nitrogens with one attached hydrogen (secondary N) is 2. The summed E-state index contributed by atoms with van der Waals surface area (Å²) in [7, 11) is 1.59. The normalized spacial score (nSPS) is 20.4. The van der Waals surface area contributed by atoms with Crippen molar-refractivity contribution < 1.29 is 46.9 Å². The van der Waals surface area contributed by atoms with Crippen LogP contribution in [0.25, 0.3) is 11.2 Å². The molecule has 2 aliphatic heterocycles. The van der Waals surface area contributed by atoms with Gasteiger partial charge in [-0.3, -0.25) is 37.5 Å². The molecule has 0 radical (unpaired) electrons. The molecule has 74 heavy (non-hydrogen) atoms. The van der Waals surface area contributed by atoms with Gasteiger partial charge in [-0.1, -0.05) is 91.0 Å². The Morgan fingerprint density at radius 1 is 0.851 bits per heavy atom. The minimum absolute atomic E-state index is 0.00211. The average Bonchev–Trinajstić information content (AvgIpc) is 4.15.